The van der Waals surface area contributed by atoms with Crippen molar-refractivity contribution in [3.8, 4) is 0 Å². The molecule has 1 saturated heterocycles. The summed E-state index contributed by atoms with van der Waals surface area (Å²) in [4.78, 5) is 16.6. The van der Waals surface area contributed by atoms with Gasteiger partial charge in [-0.15, -0.1) is 0 Å². The zero-order valence-corrected chi connectivity index (χ0v) is 17.1. The molecule has 28 heavy (non-hydrogen) atoms. The zero-order valence-electron chi connectivity index (χ0n) is 16.3. The van der Waals surface area contributed by atoms with E-state index in [2.05, 4.69) is 4.90 Å². The second-order valence-electron chi connectivity index (χ2n) is 7.91. The molecule has 4 rings (SSSR count). The number of rotatable bonds is 6. The Hall–Kier alpha value is -1.96. The maximum atomic E-state index is 13.0. The normalized spacial score (nSPS) is 19.0. The average molecular weight is 402 g/mol. The summed E-state index contributed by atoms with van der Waals surface area (Å²) in [7, 11) is -1.66. The molecule has 1 saturated carbocycles. The molecule has 150 valence electrons. The van der Waals surface area contributed by atoms with Gasteiger partial charge in [0.25, 0.3) is 0 Å². The van der Waals surface area contributed by atoms with Crippen LogP contribution in [-0.2, 0) is 14.8 Å². The van der Waals surface area contributed by atoms with Gasteiger partial charge in [-0.25, -0.2) is 8.42 Å². The van der Waals surface area contributed by atoms with Gasteiger partial charge in [0.05, 0.1) is 11.4 Å². The molecule has 0 atom stereocenters. The largest absolute Gasteiger partial charge is 0.344 e. The second-order valence-corrected chi connectivity index (χ2v) is 9.84. The van der Waals surface area contributed by atoms with Crippen molar-refractivity contribution in [3.05, 3.63) is 42.5 Å². The molecular formula is C21H27N3O3S. The van der Waals surface area contributed by atoms with Crippen LogP contribution in [0.1, 0.15) is 12.8 Å². The minimum Gasteiger partial charge on any atom is -0.344 e. The first kappa shape index (κ1) is 19.4. The Morgan fingerprint density at radius 3 is 2.39 bits per heavy atom. The Bertz CT molecular complexity index is 964. The van der Waals surface area contributed by atoms with Gasteiger partial charge >= 0.3 is 0 Å². The minimum absolute atomic E-state index is 0.123. The maximum absolute atomic E-state index is 13.0. The van der Waals surface area contributed by atoms with Gasteiger partial charge in [-0.3, -0.25) is 9.69 Å². The van der Waals surface area contributed by atoms with Crippen molar-refractivity contribution < 1.29 is 13.2 Å². The zero-order chi connectivity index (χ0) is 19.7. The highest BCUT2D eigenvalue weighted by Crippen LogP contribution is 2.29. The van der Waals surface area contributed by atoms with E-state index >= 15 is 0 Å². The van der Waals surface area contributed by atoms with Gasteiger partial charge in [-0.2, -0.15) is 4.31 Å². The van der Waals surface area contributed by atoms with Crippen molar-refractivity contribution >= 4 is 26.7 Å². The van der Waals surface area contributed by atoms with Crippen LogP contribution in [0.2, 0.25) is 0 Å². The number of likely N-dealkylation sites (N-methyl/N-ethyl adjacent to an activating group) is 1. The lowest BCUT2D eigenvalue weighted by Gasteiger charge is -2.34. The number of benzene rings is 2. The molecule has 0 spiro atoms. The first-order valence-electron chi connectivity index (χ1n) is 9.89. The number of amides is 1. The summed E-state index contributed by atoms with van der Waals surface area (Å²) in [5.41, 5.74) is 0. The predicted molar refractivity (Wildman–Crippen MR) is 110 cm³/mol. The lowest BCUT2D eigenvalue weighted by molar-refractivity contribution is -0.131. The molecule has 0 radical (unpaired) electrons. The van der Waals surface area contributed by atoms with Gasteiger partial charge in [-0.05, 0) is 41.7 Å². The van der Waals surface area contributed by atoms with E-state index in [1.807, 2.05) is 42.3 Å². The molecule has 1 aliphatic carbocycles. The molecule has 0 unspecified atom stereocenters. The highest BCUT2D eigenvalue weighted by molar-refractivity contribution is 7.89. The molecule has 1 aliphatic heterocycles. The van der Waals surface area contributed by atoms with Crippen molar-refractivity contribution in [3.63, 3.8) is 0 Å². The fourth-order valence-electron chi connectivity index (χ4n) is 3.71. The number of hydrogen-bond acceptors (Lipinski definition) is 4. The molecule has 2 fully saturated rings. The second kappa shape index (κ2) is 7.81. The molecule has 1 amide bonds. The molecule has 6 nitrogen and oxygen atoms in total. The first-order valence-corrected chi connectivity index (χ1v) is 11.3. The third-order valence-electron chi connectivity index (χ3n) is 5.70. The van der Waals surface area contributed by atoms with E-state index in [4.69, 9.17) is 0 Å². The van der Waals surface area contributed by atoms with Crippen molar-refractivity contribution in [2.75, 3.05) is 46.3 Å². The van der Waals surface area contributed by atoms with E-state index in [0.717, 1.165) is 17.3 Å². The third kappa shape index (κ3) is 4.21. The van der Waals surface area contributed by atoms with Crippen LogP contribution in [0.25, 0.3) is 10.8 Å². The summed E-state index contributed by atoms with van der Waals surface area (Å²) in [5.74, 6) is 0.802. The third-order valence-corrected chi connectivity index (χ3v) is 7.60. The number of fused-ring (bicyclic) bond motifs is 1. The van der Waals surface area contributed by atoms with Gasteiger partial charge in [-0.1, -0.05) is 30.3 Å². The summed E-state index contributed by atoms with van der Waals surface area (Å²) in [6.07, 6.45) is 2.45. The fourth-order valence-corrected chi connectivity index (χ4v) is 5.16. The highest BCUT2D eigenvalue weighted by atomic mass is 32.2. The Labute approximate surface area is 166 Å². The maximum Gasteiger partial charge on any atom is 0.243 e. The lowest BCUT2D eigenvalue weighted by atomic mass is 10.1. The summed E-state index contributed by atoms with van der Waals surface area (Å²) in [6.45, 7) is 3.19. The molecule has 2 aliphatic rings. The molecule has 2 aromatic rings. The lowest BCUT2D eigenvalue weighted by Crippen LogP contribution is -2.51. The van der Waals surface area contributed by atoms with Crippen LogP contribution in [0.3, 0.4) is 0 Å². The van der Waals surface area contributed by atoms with Gasteiger partial charge in [0, 0.05) is 39.8 Å². The quantitative estimate of drug-likeness (QED) is 0.743. The molecule has 7 heteroatoms. The SMILES string of the molecule is CN(CC1CC1)C(=O)CN1CCN(S(=O)(=O)c2ccc3ccccc3c2)CC1. The Morgan fingerprint density at radius 1 is 1.04 bits per heavy atom. The van der Waals surface area contributed by atoms with Crippen LogP contribution in [0.4, 0.5) is 0 Å². The Balaban J connectivity index is 1.37. The smallest absolute Gasteiger partial charge is 0.243 e. The Morgan fingerprint density at radius 2 is 1.71 bits per heavy atom. The van der Waals surface area contributed by atoms with Crippen LogP contribution in [0.5, 0.6) is 0 Å². The summed E-state index contributed by atoms with van der Waals surface area (Å²) >= 11 is 0. The summed E-state index contributed by atoms with van der Waals surface area (Å²) < 4.78 is 27.6. The number of nitrogens with zero attached hydrogens (tertiary/aromatic N) is 3. The number of carbonyl (C=O) groups excluding carboxylic acids is 1. The van der Waals surface area contributed by atoms with E-state index in [-0.39, 0.29) is 5.91 Å². The average Bonchev–Trinajstić information content (AvgIpc) is 3.52. The predicted octanol–water partition coefficient (Wildman–Crippen LogP) is 2.01. The fraction of sp³-hybridized carbons (Fsp3) is 0.476. The highest BCUT2D eigenvalue weighted by Gasteiger charge is 2.30. The van der Waals surface area contributed by atoms with Gasteiger partial charge in [0.15, 0.2) is 0 Å². The number of sulfonamides is 1. The van der Waals surface area contributed by atoms with Gasteiger partial charge < -0.3 is 4.90 Å². The standard InChI is InChI=1S/C21H27N3O3S/c1-22(15-17-6-7-17)21(25)16-23-10-12-24(13-11-23)28(26,27)20-9-8-18-4-2-3-5-19(18)14-20/h2-5,8-9,14,17H,6-7,10-13,15-16H2,1H3. The van der Waals surface area contributed by atoms with Gasteiger partial charge in [0.1, 0.15) is 0 Å². The van der Waals surface area contributed by atoms with E-state index in [1.165, 1.54) is 17.1 Å². The molecule has 0 aromatic heterocycles. The topological polar surface area (TPSA) is 60.9 Å². The summed E-state index contributed by atoms with van der Waals surface area (Å²) in [5, 5.41) is 1.95. The van der Waals surface area contributed by atoms with Crippen LogP contribution in [-0.4, -0.2) is 74.7 Å². The van der Waals surface area contributed by atoms with Crippen molar-refractivity contribution in [1.29, 1.82) is 0 Å². The molecule has 0 N–H and O–H groups in total. The number of carbonyl (C=O) groups is 1. The first-order chi connectivity index (χ1) is 13.4. The van der Waals surface area contributed by atoms with Crippen LogP contribution >= 0.6 is 0 Å². The van der Waals surface area contributed by atoms with E-state index in [0.29, 0.717) is 43.5 Å². The Kier molecular flexibility index (Phi) is 5.40. The van der Waals surface area contributed by atoms with Gasteiger partial charge in [0.2, 0.25) is 15.9 Å². The van der Waals surface area contributed by atoms with Crippen LogP contribution in [0.15, 0.2) is 47.4 Å². The van der Waals surface area contributed by atoms with E-state index in [1.54, 1.807) is 12.1 Å². The monoisotopic (exact) mass is 401 g/mol. The van der Waals surface area contributed by atoms with Crippen molar-refractivity contribution in [1.82, 2.24) is 14.1 Å². The van der Waals surface area contributed by atoms with Crippen molar-refractivity contribution in [2.45, 2.75) is 17.7 Å². The number of hydrogen-bond donors (Lipinski definition) is 0. The van der Waals surface area contributed by atoms with Crippen LogP contribution < -0.4 is 0 Å². The van der Waals surface area contributed by atoms with Crippen LogP contribution in [0, 0.1) is 5.92 Å². The molecule has 0 bridgehead atoms. The van der Waals surface area contributed by atoms with E-state index in [9.17, 15) is 13.2 Å². The molecular weight excluding hydrogens is 374 g/mol. The molecule has 1 heterocycles. The van der Waals surface area contributed by atoms with Crippen molar-refractivity contribution in [2.24, 2.45) is 5.92 Å². The number of piperazine rings is 1. The summed E-state index contributed by atoms with van der Waals surface area (Å²) in [6, 6.07) is 13.0. The van der Waals surface area contributed by atoms with E-state index < -0.39 is 10.0 Å². The minimum atomic E-state index is -3.52. The molecule has 2 aromatic carbocycles.